The number of likely N-dealkylation sites (N-methyl/N-ethyl adjacent to an activating group) is 1. The maximum atomic E-state index is 12.2. The summed E-state index contributed by atoms with van der Waals surface area (Å²) in [4.78, 5) is 25.8. The molecule has 0 heterocycles. The largest absolute Gasteiger partial charge is 0.464 e. The molecule has 29 heavy (non-hydrogen) atoms. The maximum Gasteiger partial charge on any atom is 0.306 e. The smallest absolute Gasteiger partial charge is 0.306 e. The highest BCUT2D eigenvalue weighted by molar-refractivity contribution is 5.72. The van der Waals surface area contributed by atoms with E-state index >= 15 is 0 Å². The summed E-state index contributed by atoms with van der Waals surface area (Å²) in [6, 6.07) is 0. The minimum Gasteiger partial charge on any atom is -0.464 e. The van der Waals surface area contributed by atoms with E-state index in [1.807, 2.05) is 25.1 Å². The number of aliphatic hydroxyl groups excluding tert-OH is 1. The number of carbonyl (C=O) groups excluding carboxylic acids is 2. The van der Waals surface area contributed by atoms with Crippen LogP contribution < -0.4 is 0 Å². The number of ether oxygens (including phenoxy) is 2. The molecule has 2 unspecified atom stereocenters. The molecule has 0 saturated carbocycles. The fourth-order valence-electron chi connectivity index (χ4n) is 2.77. The molecular formula is C23H43NO5. The van der Waals surface area contributed by atoms with Crippen LogP contribution in [0, 0.1) is 0 Å². The van der Waals surface area contributed by atoms with E-state index in [0.29, 0.717) is 32.4 Å². The van der Waals surface area contributed by atoms with Crippen molar-refractivity contribution < 1.29 is 24.2 Å². The maximum absolute atomic E-state index is 12.2. The molecule has 0 amide bonds. The second kappa shape index (κ2) is 18.6. The summed E-state index contributed by atoms with van der Waals surface area (Å²) in [5, 5.41) is 10.5. The fourth-order valence-corrected chi connectivity index (χ4v) is 2.77. The molecule has 0 aromatic carbocycles. The van der Waals surface area contributed by atoms with Crippen LogP contribution in [0.4, 0.5) is 0 Å². The summed E-state index contributed by atoms with van der Waals surface area (Å²) < 4.78 is 10.7. The van der Waals surface area contributed by atoms with Gasteiger partial charge in [0.1, 0.15) is 12.7 Å². The lowest BCUT2D eigenvalue weighted by Gasteiger charge is -2.22. The van der Waals surface area contributed by atoms with Gasteiger partial charge in [-0.05, 0) is 46.2 Å². The lowest BCUT2D eigenvalue weighted by Crippen LogP contribution is -2.31. The lowest BCUT2D eigenvalue weighted by molar-refractivity contribution is -0.156. The molecule has 170 valence electrons. The van der Waals surface area contributed by atoms with Crippen LogP contribution in [-0.2, 0) is 19.1 Å². The highest BCUT2D eigenvalue weighted by Crippen LogP contribution is 2.16. The summed E-state index contributed by atoms with van der Waals surface area (Å²) >= 11 is 0. The minimum atomic E-state index is -0.690. The molecule has 0 spiro atoms. The Morgan fingerprint density at radius 2 is 1.66 bits per heavy atom. The van der Waals surface area contributed by atoms with Crippen LogP contribution in [0.3, 0.4) is 0 Å². The molecule has 0 aromatic rings. The van der Waals surface area contributed by atoms with E-state index in [1.165, 1.54) is 0 Å². The second-order valence-corrected chi connectivity index (χ2v) is 7.82. The van der Waals surface area contributed by atoms with Crippen molar-refractivity contribution in [2.24, 2.45) is 0 Å². The average Bonchev–Trinajstić information content (AvgIpc) is 2.66. The molecule has 1 N–H and O–H groups in total. The van der Waals surface area contributed by atoms with Crippen molar-refractivity contribution in [1.82, 2.24) is 4.90 Å². The number of nitrogens with zero attached hydrogens (tertiary/aromatic N) is 1. The van der Waals surface area contributed by atoms with E-state index in [9.17, 15) is 14.7 Å². The Morgan fingerprint density at radius 3 is 2.31 bits per heavy atom. The highest BCUT2D eigenvalue weighted by Gasteiger charge is 2.22. The predicted molar refractivity (Wildman–Crippen MR) is 117 cm³/mol. The second-order valence-electron chi connectivity index (χ2n) is 7.82. The Hall–Kier alpha value is -1.40. The van der Waals surface area contributed by atoms with Crippen molar-refractivity contribution in [3.05, 3.63) is 12.2 Å². The van der Waals surface area contributed by atoms with E-state index in [4.69, 9.17) is 9.47 Å². The van der Waals surface area contributed by atoms with Crippen LogP contribution in [0.1, 0.15) is 84.5 Å². The van der Waals surface area contributed by atoms with Gasteiger partial charge >= 0.3 is 11.9 Å². The molecule has 0 saturated heterocycles. The van der Waals surface area contributed by atoms with E-state index in [0.717, 1.165) is 38.5 Å². The van der Waals surface area contributed by atoms with Crippen molar-refractivity contribution in [2.75, 3.05) is 27.2 Å². The van der Waals surface area contributed by atoms with Crippen molar-refractivity contribution in [3.63, 3.8) is 0 Å². The molecule has 0 fully saturated rings. The third-order valence-corrected chi connectivity index (χ3v) is 4.64. The number of esters is 2. The third-order valence-electron chi connectivity index (χ3n) is 4.64. The number of aliphatic hydroxyl groups is 1. The molecule has 6 heteroatoms. The van der Waals surface area contributed by atoms with Gasteiger partial charge in [-0.2, -0.15) is 0 Å². The van der Waals surface area contributed by atoms with Crippen LogP contribution >= 0.6 is 0 Å². The molecule has 0 rings (SSSR count). The highest BCUT2D eigenvalue weighted by atomic mass is 16.6. The topological polar surface area (TPSA) is 76.1 Å². The molecule has 0 aromatic heterocycles. The summed E-state index contributed by atoms with van der Waals surface area (Å²) in [5.74, 6) is -0.655. The first-order chi connectivity index (χ1) is 13.9. The van der Waals surface area contributed by atoms with Gasteiger partial charge in [0.2, 0.25) is 0 Å². The van der Waals surface area contributed by atoms with Crippen molar-refractivity contribution in [3.8, 4) is 0 Å². The van der Waals surface area contributed by atoms with Crippen LogP contribution in [0.25, 0.3) is 0 Å². The molecule has 0 radical (unpaired) electrons. The monoisotopic (exact) mass is 413 g/mol. The molecule has 6 nitrogen and oxygen atoms in total. The Balaban J connectivity index is 4.30. The van der Waals surface area contributed by atoms with Gasteiger partial charge in [-0.15, -0.1) is 0 Å². The van der Waals surface area contributed by atoms with Gasteiger partial charge in [0.05, 0.1) is 6.10 Å². The lowest BCUT2D eigenvalue weighted by atomic mass is 10.0. The number of unbranched alkanes of at least 4 members (excludes halogenated alkanes) is 4. The SMILES string of the molecule is CCCC/C=C\CC(O)C(CCCCC)OC(=O)CCCC(=O)OCCN(C)C. The van der Waals surface area contributed by atoms with Gasteiger partial charge < -0.3 is 19.5 Å². The van der Waals surface area contributed by atoms with Crippen molar-refractivity contribution in [1.29, 1.82) is 0 Å². The van der Waals surface area contributed by atoms with Gasteiger partial charge in [0.25, 0.3) is 0 Å². The molecule has 0 aliphatic heterocycles. The van der Waals surface area contributed by atoms with Crippen LogP contribution in [0.15, 0.2) is 12.2 Å². The van der Waals surface area contributed by atoms with Crippen LogP contribution in [0.5, 0.6) is 0 Å². The van der Waals surface area contributed by atoms with Crippen molar-refractivity contribution in [2.45, 2.75) is 96.7 Å². The van der Waals surface area contributed by atoms with Crippen molar-refractivity contribution >= 4 is 11.9 Å². The number of hydrogen-bond acceptors (Lipinski definition) is 6. The number of hydrogen-bond donors (Lipinski definition) is 1. The first-order valence-corrected chi connectivity index (χ1v) is 11.2. The summed E-state index contributed by atoms with van der Waals surface area (Å²) in [7, 11) is 3.83. The first-order valence-electron chi connectivity index (χ1n) is 11.2. The van der Waals surface area contributed by atoms with Crippen LogP contribution in [0.2, 0.25) is 0 Å². The summed E-state index contributed by atoms with van der Waals surface area (Å²) in [5.41, 5.74) is 0. The Kier molecular flexibility index (Phi) is 17.7. The Morgan fingerprint density at radius 1 is 0.966 bits per heavy atom. The number of allylic oxidation sites excluding steroid dienone is 1. The van der Waals surface area contributed by atoms with Gasteiger partial charge in [0, 0.05) is 19.4 Å². The molecule has 0 aliphatic rings. The molecule has 0 aliphatic carbocycles. The van der Waals surface area contributed by atoms with Gasteiger partial charge in [-0.3, -0.25) is 9.59 Å². The zero-order chi connectivity index (χ0) is 21.9. The Bertz CT molecular complexity index is 451. The van der Waals surface area contributed by atoms with E-state index < -0.39 is 12.2 Å². The molecule has 0 bridgehead atoms. The minimum absolute atomic E-state index is 0.159. The molecule has 2 atom stereocenters. The van der Waals surface area contributed by atoms with Gasteiger partial charge in [0.15, 0.2) is 0 Å². The standard InChI is InChI=1S/C23H43NO5/c1-5-7-9-10-12-14-20(25)21(15-11-8-6-2)29-23(27)17-13-16-22(26)28-19-18-24(3)4/h10,12,20-21,25H,5-9,11,13-19H2,1-4H3/b12-10-. The Labute approximate surface area is 177 Å². The van der Waals surface area contributed by atoms with Crippen LogP contribution in [-0.4, -0.2) is 61.4 Å². The zero-order valence-corrected chi connectivity index (χ0v) is 19.0. The van der Waals surface area contributed by atoms with E-state index in [2.05, 4.69) is 19.9 Å². The van der Waals surface area contributed by atoms with Gasteiger partial charge in [-0.25, -0.2) is 0 Å². The third kappa shape index (κ3) is 17.2. The predicted octanol–water partition coefficient (Wildman–Crippen LogP) is 4.25. The zero-order valence-electron chi connectivity index (χ0n) is 19.0. The summed E-state index contributed by atoms with van der Waals surface area (Å²) in [6.45, 7) is 5.30. The fraction of sp³-hybridized carbons (Fsp3) is 0.826. The average molecular weight is 414 g/mol. The number of carbonyl (C=O) groups is 2. The van der Waals surface area contributed by atoms with E-state index in [-0.39, 0.29) is 24.8 Å². The van der Waals surface area contributed by atoms with E-state index in [1.54, 1.807) is 0 Å². The van der Waals surface area contributed by atoms with Gasteiger partial charge in [-0.1, -0.05) is 51.7 Å². The summed E-state index contributed by atoms with van der Waals surface area (Å²) in [6.07, 6.45) is 11.1. The quantitative estimate of drug-likeness (QED) is 0.206. The molecular weight excluding hydrogens is 370 g/mol. The first kappa shape index (κ1) is 27.6. The normalized spacial score (nSPS) is 13.6. The number of rotatable bonds is 18.